The molecule has 0 aromatic carbocycles. The van der Waals surface area contributed by atoms with Gasteiger partial charge in [0, 0.05) is 45.1 Å². The summed E-state index contributed by atoms with van der Waals surface area (Å²) in [7, 11) is 3.78. The molecule has 1 aliphatic heterocycles. The number of unbranched alkanes of at least 4 members (excludes halogenated alkanes) is 33. The smallest absolute Gasteiger partial charge is 0.329 e. The van der Waals surface area contributed by atoms with Gasteiger partial charge in [-0.1, -0.05) is 247 Å². The molecule has 1 unspecified atom stereocenters. The zero-order chi connectivity index (χ0) is 59.3. The average Bonchev–Trinajstić information content (AvgIpc) is 3.91. The fourth-order valence-corrected chi connectivity index (χ4v) is 11.3. The molecular weight excluding hydrogens is 1020 g/mol. The van der Waals surface area contributed by atoms with Crippen molar-refractivity contribution in [1.29, 1.82) is 0 Å². The Balaban J connectivity index is 2.87. The molecule has 0 spiro atoms. The second-order valence-electron chi connectivity index (χ2n) is 24.7. The molecule has 12 heteroatoms. The van der Waals surface area contributed by atoms with Gasteiger partial charge in [-0.15, -0.1) is 0 Å². The number of esters is 4. The Labute approximate surface area is 498 Å². The molecule has 1 amide bonds. The van der Waals surface area contributed by atoms with E-state index < -0.39 is 23.9 Å². The summed E-state index contributed by atoms with van der Waals surface area (Å²) in [6.07, 6.45) is 49.4. The third-order valence-corrected chi connectivity index (χ3v) is 16.5. The molecule has 2 atom stereocenters. The van der Waals surface area contributed by atoms with Crippen molar-refractivity contribution in [2.45, 2.75) is 373 Å². The molecule has 0 radical (unpaired) electrons. The van der Waals surface area contributed by atoms with Crippen LogP contribution in [0.2, 0.25) is 0 Å². The molecular formula is C69H130N2O10. The summed E-state index contributed by atoms with van der Waals surface area (Å²) in [4.78, 5) is 69.8. The minimum absolute atomic E-state index is 0.103. The monoisotopic (exact) mass is 1150 g/mol. The lowest BCUT2D eigenvalue weighted by Crippen LogP contribution is -2.42. The number of likely N-dealkylation sites (tertiary alicyclic amines) is 1. The molecule has 0 aliphatic carbocycles. The Morgan fingerprint density at radius 3 is 1.32 bits per heavy atom. The van der Waals surface area contributed by atoms with E-state index in [-0.39, 0.29) is 68.8 Å². The van der Waals surface area contributed by atoms with Crippen LogP contribution >= 0.6 is 0 Å². The molecule has 1 fully saturated rings. The summed E-state index contributed by atoms with van der Waals surface area (Å²) in [5.41, 5.74) is 0. The van der Waals surface area contributed by atoms with E-state index in [2.05, 4.69) is 34.6 Å². The fraction of sp³-hybridized carbons (Fsp3) is 0.928. The zero-order valence-electron chi connectivity index (χ0n) is 54.2. The highest BCUT2D eigenvalue weighted by molar-refractivity contribution is 5.85. The van der Waals surface area contributed by atoms with Crippen LogP contribution in [0.4, 0.5) is 0 Å². The lowest BCUT2D eigenvalue weighted by molar-refractivity contribution is -0.259. The Hall–Kier alpha value is -2.73. The maximum absolute atomic E-state index is 14.0. The zero-order valence-corrected chi connectivity index (χ0v) is 54.2. The highest BCUT2D eigenvalue weighted by Crippen LogP contribution is 2.34. The van der Waals surface area contributed by atoms with Gasteiger partial charge in [0.1, 0.15) is 12.1 Å². The summed E-state index contributed by atoms with van der Waals surface area (Å²) in [6.45, 7) is 12.6. The summed E-state index contributed by atoms with van der Waals surface area (Å²) >= 11 is 0. The maximum Gasteiger partial charge on any atom is 0.329 e. The SMILES string of the molecule is CCCCCCCCCCCOC(=O)CCCCC(=O)N1CC(OC(=O)CCN(C)C)C[C@H]1C(=O)OCCCCCCCC(=O)OC(CCCCCCCC)(CCCCCCCC)OC(CCCCCCCC)CCCCCCCC. The number of hydrogen-bond acceptors (Lipinski definition) is 11. The van der Waals surface area contributed by atoms with Gasteiger partial charge in [0.2, 0.25) is 11.7 Å². The van der Waals surface area contributed by atoms with E-state index in [4.69, 9.17) is 23.7 Å². The summed E-state index contributed by atoms with van der Waals surface area (Å²) < 4.78 is 31.1. The first-order valence-corrected chi connectivity index (χ1v) is 34.8. The van der Waals surface area contributed by atoms with Crippen molar-refractivity contribution in [3.05, 3.63) is 0 Å². The van der Waals surface area contributed by atoms with Crippen molar-refractivity contribution in [3.8, 4) is 0 Å². The van der Waals surface area contributed by atoms with Gasteiger partial charge in [-0.3, -0.25) is 19.2 Å². The normalized spacial score (nSPS) is 14.6. The lowest BCUT2D eigenvalue weighted by Gasteiger charge is -2.37. The van der Waals surface area contributed by atoms with Gasteiger partial charge in [-0.05, 0) is 71.9 Å². The van der Waals surface area contributed by atoms with Crippen LogP contribution in [0, 0.1) is 0 Å². The van der Waals surface area contributed by atoms with Gasteiger partial charge in [-0.2, -0.15) is 0 Å². The van der Waals surface area contributed by atoms with E-state index >= 15 is 0 Å². The third kappa shape index (κ3) is 43.5. The fourth-order valence-electron chi connectivity index (χ4n) is 11.3. The van der Waals surface area contributed by atoms with Crippen LogP contribution in [-0.4, -0.2) is 104 Å². The van der Waals surface area contributed by atoms with Gasteiger partial charge in [0.05, 0.1) is 32.3 Å². The molecule has 476 valence electrons. The molecule has 1 aliphatic rings. The third-order valence-electron chi connectivity index (χ3n) is 16.5. The number of carbonyl (C=O) groups is 5. The Bertz CT molecular complexity index is 1480. The second kappa shape index (κ2) is 54.0. The van der Waals surface area contributed by atoms with E-state index in [0.29, 0.717) is 38.8 Å². The van der Waals surface area contributed by atoms with E-state index in [1.54, 1.807) is 0 Å². The first-order chi connectivity index (χ1) is 39.4. The number of nitrogens with zero attached hydrogens (tertiary/aromatic N) is 2. The maximum atomic E-state index is 14.0. The Kier molecular flexibility index (Phi) is 50.8. The van der Waals surface area contributed by atoms with E-state index in [1.807, 2.05) is 19.0 Å². The highest BCUT2D eigenvalue weighted by atomic mass is 16.7. The molecule has 12 nitrogen and oxygen atoms in total. The molecule has 0 N–H and O–H groups in total. The first-order valence-electron chi connectivity index (χ1n) is 34.8. The van der Waals surface area contributed by atoms with Gasteiger partial charge in [0.15, 0.2) is 0 Å². The number of amides is 1. The molecule has 0 saturated carbocycles. The predicted molar refractivity (Wildman–Crippen MR) is 334 cm³/mol. The van der Waals surface area contributed by atoms with Gasteiger partial charge in [-0.25, -0.2) is 4.79 Å². The molecule has 0 aromatic heterocycles. The summed E-state index contributed by atoms with van der Waals surface area (Å²) in [5.74, 6) is -2.30. The van der Waals surface area contributed by atoms with Crippen LogP contribution in [0.25, 0.3) is 0 Å². The van der Waals surface area contributed by atoms with Crippen LogP contribution in [0.1, 0.15) is 349 Å². The average molecular weight is 1150 g/mol. The summed E-state index contributed by atoms with van der Waals surface area (Å²) in [5, 5.41) is 0. The molecule has 1 heterocycles. The van der Waals surface area contributed by atoms with Gasteiger partial charge in [0.25, 0.3) is 0 Å². The van der Waals surface area contributed by atoms with Crippen LogP contribution in [0.5, 0.6) is 0 Å². The molecule has 81 heavy (non-hydrogen) atoms. The number of rotatable bonds is 59. The molecule has 0 aromatic rings. The van der Waals surface area contributed by atoms with Crippen molar-refractivity contribution < 1.29 is 47.7 Å². The lowest BCUT2D eigenvalue weighted by atomic mass is 9.97. The molecule has 1 rings (SSSR count). The number of carbonyl (C=O) groups excluding carboxylic acids is 5. The van der Waals surface area contributed by atoms with Crippen molar-refractivity contribution >= 4 is 29.8 Å². The van der Waals surface area contributed by atoms with Crippen LogP contribution in [0.3, 0.4) is 0 Å². The highest BCUT2D eigenvalue weighted by Gasteiger charge is 2.42. The van der Waals surface area contributed by atoms with Crippen molar-refractivity contribution in [2.75, 3.05) is 40.4 Å². The second-order valence-corrected chi connectivity index (χ2v) is 24.7. The number of ether oxygens (including phenoxy) is 5. The Morgan fingerprint density at radius 2 is 0.840 bits per heavy atom. The standard InChI is InChI=1S/C69H130N2O10/c1-8-13-18-23-28-29-30-37-46-57-77-65(73)51-43-42-50-64(72)71-60-62(79-66(74)53-56-70(6)7)59-63(71)68(76)78-58-47-38-31-34-41-52-67(75)81-69(54-44-35-26-21-16-11-4,55-45-36-27-22-17-12-5)80-61(48-39-32-24-19-14-9-2)49-40-33-25-20-15-10-3/h61-63H,8-60H2,1-7H3/t62?,63-/m0/s1. The van der Waals surface area contributed by atoms with Crippen LogP contribution in [-0.2, 0) is 47.7 Å². The van der Waals surface area contributed by atoms with E-state index in [1.165, 1.54) is 165 Å². The van der Waals surface area contributed by atoms with Gasteiger partial charge < -0.3 is 33.5 Å². The quantitative estimate of drug-likeness (QED) is 0.0249. The molecule has 0 bridgehead atoms. The first kappa shape index (κ1) is 76.3. The number of hydrogen-bond donors (Lipinski definition) is 0. The van der Waals surface area contributed by atoms with Crippen molar-refractivity contribution in [3.63, 3.8) is 0 Å². The minimum Gasteiger partial charge on any atom is -0.466 e. The largest absolute Gasteiger partial charge is 0.466 e. The van der Waals surface area contributed by atoms with Crippen LogP contribution in [0.15, 0.2) is 0 Å². The summed E-state index contributed by atoms with van der Waals surface area (Å²) in [6, 6.07) is -0.837. The van der Waals surface area contributed by atoms with Gasteiger partial charge >= 0.3 is 23.9 Å². The molecule has 1 saturated heterocycles. The van der Waals surface area contributed by atoms with E-state index in [9.17, 15) is 24.0 Å². The van der Waals surface area contributed by atoms with Crippen molar-refractivity contribution in [1.82, 2.24) is 9.80 Å². The minimum atomic E-state index is -0.875. The van der Waals surface area contributed by atoms with Crippen LogP contribution < -0.4 is 0 Å². The van der Waals surface area contributed by atoms with Crippen molar-refractivity contribution in [2.24, 2.45) is 0 Å². The Morgan fingerprint density at radius 1 is 0.444 bits per heavy atom. The van der Waals surface area contributed by atoms with E-state index in [0.717, 1.165) is 103 Å². The topological polar surface area (TPSA) is 138 Å². The predicted octanol–water partition coefficient (Wildman–Crippen LogP) is 18.6.